The van der Waals surface area contributed by atoms with Crippen molar-refractivity contribution in [3.05, 3.63) is 100 Å². The lowest BCUT2D eigenvalue weighted by molar-refractivity contribution is -0.142. The van der Waals surface area contributed by atoms with Gasteiger partial charge in [-0.2, -0.15) is 0 Å². The van der Waals surface area contributed by atoms with Crippen LogP contribution in [0.5, 0.6) is 5.75 Å². The third kappa shape index (κ3) is 8.30. The van der Waals surface area contributed by atoms with Gasteiger partial charge < -0.3 is 15.0 Å². The molecule has 0 heterocycles. The number of nitrogens with one attached hydrogen (secondary N) is 1. The van der Waals surface area contributed by atoms with E-state index in [2.05, 4.69) is 5.32 Å². The molecule has 1 unspecified atom stereocenters. The Morgan fingerprint density at radius 3 is 2.17 bits per heavy atom. The van der Waals surface area contributed by atoms with Gasteiger partial charge in [-0.1, -0.05) is 91.6 Å². The molecule has 0 aliphatic rings. The SMILES string of the molecule is CC(C)CNC(=O)C(Cc1ccccc1)N(Cc1ccc(Cl)c(Cl)c1)C(=O)COc1ccccc1. The van der Waals surface area contributed by atoms with Crippen molar-refractivity contribution in [3.63, 3.8) is 0 Å². The third-order valence-corrected chi connectivity index (χ3v) is 6.14. The Hall–Kier alpha value is -3.02. The average Bonchev–Trinajstić information content (AvgIpc) is 2.86. The monoisotopic (exact) mass is 512 g/mol. The second kappa shape index (κ2) is 13.2. The highest BCUT2D eigenvalue weighted by molar-refractivity contribution is 6.42. The van der Waals surface area contributed by atoms with E-state index in [1.165, 1.54) is 0 Å². The predicted molar refractivity (Wildman–Crippen MR) is 141 cm³/mol. The second-order valence-corrected chi connectivity index (χ2v) is 9.53. The Labute approximate surface area is 217 Å². The Kier molecular flexibility index (Phi) is 10.0. The molecule has 0 aliphatic carbocycles. The fraction of sp³-hybridized carbons (Fsp3) is 0.286. The van der Waals surface area contributed by atoms with E-state index in [4.69, 9.17) is 27.9 Å². The summed E-state index contributed by atoms with van der Waals surface area (Å²) in [5, 5.41) is 3.81. The molecule has 0 saturated carbocycles. The van der Waals surface area contributed by atoms with Crippen molar-refractivity contribution < 1.29 is 14.3 Å². The summed E-state index contributed by atoms with van der Waals surface area (Å²) in [6, 6.07) is 23.2. The van der Waals surface area contributed by atoms with E-state index in [9.17, 15) is 9.59 Å². The van der Waals surface area contributed by atoms with Crippen molar-refractivity contribution in [1.29, 1.82) is 0 Å². The predicted octanol–water partition coefficient (Wildman–Crippen LogP) is 5.78. The van der Waals surface area contributed by atoms with E-state index in [1.54, 1.807) is 35.2 Å². The summed E-state index contributed by atoms with van der Waals surface area (Å²) in [7, 11) is 0. The van der Waals surface area contributed by atoms with Crippen LogP contribution in [0.4, 0.5) is 0 Å². The van der Waals surface area contributed by atoms with Crippen molar-refractivity contribution in [2.75, 3.05) is 13.2 Å². The summed E-state index contributed by atoms with van der Waals surface area (Å²) in [5.41, 5.74) is 1.72. The van der Waals surface area contributed by atoms with Crippen LogP contribution in [-0.4, -0.2) is 35.9 Å². The summed E-state index contributed by atoms with van der Waals surface area (Å²) < 4.78 is 5.74. The van der Waals surface area contributed by atoms with Gasteiger partial charge in [-0.15, -0.1) is 0 Å². The zero-order chi connectivity index (χ0) is 25.2. The number of carbonyl (C=O) groups is 2. The molecule has 0 spiro atoms. The van der Waals surface area contributed by atoms with Crippen LogP contribution in [0.15, 0.2) is 78.9 Å². The highest BCUT2D eigenvalue weighted by atomic mass is 35.5. The van der Waals surface area contributed by atoms with E-state index in [0.717, 1.165) is 11.1 Å². The van der Waals surface area contributed by atoms with Gasteiger partial charge in [0.05, 0.1) is 10.0 Å². The topological polar surface area (TPSA) is 58.6 Å². The minimum absolute atomic E-state index is 0.181. The maximum atomic E-state index is 13.5. The molecular formula is C28H30Cl2N2O3. The molecule has 0 aliphatic heterocycles. The van der Waals surface area contributed by atoms with Gasteiger partial charge in [0.25, 0.3) is 5.91 Å². The Morgan fingerprint density at radius 1 is 0.886 bits per heavy atom. The molecule has 1 atom stereocenters. The molecule has 0 fully saturated rings. The normalized spacial score (nSPS) is 11.7. The van der Waals surface area contributed by atoms with Gasteiger partial charge in [0.1, 0.15) is 11.8 Å². The van der Waals surface area contributed by atoms with E-state index in [1.807, 2.05) is 62.4 Å². The molecule has 7 heteroatoms. The lowest BCUT2D eigenvalue weighted by Crippen LogP contribution is -2.52. The number of para-hydroxylation sites is 1. The fourth-order valence-corrected chi connectivity index (χ4v) is 3.88. The quantitative estimate of drug-likeness (QED) is 0.354. The first-order valence-corrected chi connectivity index (χ1v) is 12.3. The number of halogens is 2. The zero-order valence-corrected chi connectivity index (χ0v) is 21.4. The van der Waals surface area contributed by atoms with Gasteiger partial charge in [-0.25, -0.2) is 0 Å². The molecule has 3 aromatic rings. The molecular weight excluding hydrogens is 483 g/mol. The maximum Gasteiger partial charge on any atom is 0.261 e. The number of hydrogen-bond donors (Lipinski definition) is 1. The Bertz CT molecular complexity index is 1110. The van der Waals surface area contributed by atoms with Gasteiger partial charge >= 0.3 is 0 Å². The molecule has 0 aromatic heterocycles. The zero-order valence-electron chi connectivity index (χ0n) is 19.9. The summed E-state index contributed by atoms with van der Waals surface area (Å²) in [4.78, 5) is 28.5. The first-order valence-electron chi connectivity index (χ1n) is 11.6. The van der Waals surface area contributed by atoms with Gasteiger partial charge in [0.15, 0.2) is 6.61 Å². The lowest BCUT2D eigenvalue weighted by atomic mass is 10.0. The first kappa shape index (κ1) is 26.6. The first-order chi connectivity index (χ1) is 16.8. The second-order valence-electron chi connectivity index (χ2n) is 8.72. The van der Waals surface area contributed by atoms with E-state index >= 15 is 0 Å². The molecule has 3 aromatic carbocycles. The molecule has 0 radical (unpaired) electrons. The van der Waals surface area contributed by atoms with Crippen molar-refractivity contribution in [2.24, 2.45) is 5.92 Å². The number of benzene rings is 3. The van der Waals surface area contributed by atoms with Crippen LogP contribution in [-0.2, 0) is 22.6 Å². The van der Waals surface area contributed by atoms with Gasteiger partial charge in [0.2, 0.25) is 5.91 Å². The van der Waals surface area contributed by atoms with Crippen LogP contribution in [0.1, 0.15) is 25.0 Å². The molecule has 0 bridgehead atoms. The number of rotatable bonds is 11. The molecule has 1 N–H and O–H groups in total. The minimum atomic E-state index is -0.738. The summed E-state index contributed by atoms with van der Waals surface area (Å²) in [5.74, 6) is 0.340. The number of nitrogens with zero attached hydrogens (tertiary/aromatic N) is 1. The van der Waals surface area contributed by atoms with E-state index in [-0.39, 0.29) is 30.9 Å². The molecule has 0 saturated heterocycles. The van der Waals surface area contributed by atoms with Crippen molar-refractivity contribution in [1.82, 2.24) is 10.2 Å². The highest BCUT2D eigenvalue weighted by Gasteiger charge is 2.30. The molecule has 5 nitrogen and oxygen atoms in total. The standard InChI is InChI=1S/C28H30Cl2N2O3/c1-20(2)17-31-28(34)26(16-21-9-5-3-6-10-21)32(18-22-13-14-24(29)25(30)15-22)27(33)19-35-23-11-7-4-8-12-23/h3-15,20,26H,16-19H2,1-2H3,(H,31,34). The van der Waals surface area contributed by atoms with Crippen LogP contribution in [0.2, 0.25) is 10.0 Å². The highest BCUT2D eigenvalue weighted by Crippen LogP contribution is 2.24. The fourth-order valence-electron chi connectivity index (χ4n) is 3.56. The molecule has 35 heavy (non-hydrogen) atoms. The lowest BCUT2D eigenvalue weighted by Gasteiger charge is -2.31. The summed E-state index contributed by atoms with van der Waals surface area (Å²) in [6.07, 6.45) is 0.364. The van der Waals surface area contributed by atoms with Crippen LogP contribution in [0.3, 0.4) is 0 Å². The average molecular weight is 513 g/mol. The minimum Gasteiger partial charge on any atom is -0.484 e. The third-order valence-electron chi connectivity index (χ3n) is 5.40. The largest absolute Gasteiger partial charge is 0.484 e. The number of ether oxygens (including phenoxy) is 1. The van der Waals surface area contributed by atoms with Crippen LogP contribution in [0.25, 0.3) is 0 Å². The van der Waals surface area contributed by atoms with Crippen molar-refractivity contribution >= 4 is 35.0 Å². The Balaban J connectivity index is 1.91. The van der Waals surface area contributed by atoms with Crippen LogP contribution in [0, 0.1) is 5.92 Å². The Morgan fingerprint density at radius 2 is 1.54 bits per heavy atom. The van der Waals surface area contributed by atoms with Crippen LogP contribution >= 0.6 is 23.2 Å². The van der Waals surface area contributed by atoms with Gasteiger partial charge in [0, 0.05) is 19.5 Å². The molecule has 2 amide bonds. The number of hydrogen-bond acceptors (Lipinski definition) is 3. The van der Waals surface area contributed by atoms with E-state index < -0.39 is 6.04 Å². The summed E-state index contributed by atoms with van der Waals surface area (Å²) >= 11 is 12.3. The van der Waals surface area contributed by atoms with Crippen molar-refractivity contribution in [2.45, 2.75) is 32.9 Å². The van der Waals surface area contributed by atoms with Crippen molar-refractivity contribution in [3.8, 4) is 5.75 Å². The summed E-state index contributed by atoms with van der Waals surface area (Å²) in [6.45, 7) is 4.55. The maximum absolute atomic E-state index is 13.5. The smallest absolute Gasteiger partial charge is 0.261 e. The molecule has 3 rings (SSSR count). The van der Waals surface area contributed by atoms with E-state index in [0.29, 0.717) is 28.8 Å². The van der Waals surface area contributed by atoms with Gasteiger partial charge in [-0.05, 0) is 41.3 Å². The number of amides is 2. The van der Waals surface area contributed by atoms with Crippen LogP contribution < -0.4 is 10.1 Å². The van der Waals surface area contributed by atoms with Gasteiger partial charge in [-0.3, -0.25) is 9.59 Å². The number of carbonyl (C=O) groups excluding carboxylic acids is 2. The molecule has 184 valence electrons.